The van der Waals surface area contributed by atoms with Crippen molar-refractivity contribution < 1.29 is 144 Å². The van der Waals surface area contributed by atoms with Crippen LogP contribution in [-0.2, 0) is 133 Å². The minimum atomic E-state index is -1.98. The van der Waals surface area contributed by atoms with E-state index in [1.165, 1.54) is 69.0 Å². The third-order valence-corrected chi connectivity index (χ3v) is 30.8. The van der Waals surface area contributed by atoms with E-state index in [4.69, 9.17) is 30.6 Å². The Bertz CT molecular complexity index is 3760. The lowest BCUT2D eigenvalue weighted by Gasteiger charge is -2.29. The second-order valence-electron chi connectivity index (χ2n) is 28.8. The van der Waals surface area contributed by atoms with Crippen molar-refractivity contribution in [3.05, 3.63) is 0 Å². The Labute approximate surface area is 881 Å². The predicted molar refractivity (Wildman–Crippen MR) is 593 cm³/mol. The van der Waals surface area contributed by atoms with Gasteiger partial charge < -0.3 is 84.5 Å². The van der Waals surface area contributed by atoms with Crippen molar-refractivity contribution in [3.8, 4) is 0 Å². The summed E-state index contributed by atoms with van der Waals surface area (Å²) in [5.41, 5.74) is 0. The Morgan fingerprint density at radius 3 is 0.817 bits per heavy atom. The Morgan fingerprint density at radius 2 is 0.585 bits per heavy atom. The van der Waals surface area contributed by atoms with Crippen LogP contribution in [0.1, 0.15) is 255 Å². The van der Waals surface area contributed by atoms with Crippen LogP contribution in [0.3, 0.4) is 0 Å². The lowest BCUT2D eigenvalue weighted by Crippen LogP contribution is -2.42. The standard InChI is InChI=1S/C10H21NO3S.C10H19NO2S.C8H13NO4S.C8H15NO4S.C8H17NO3S.C7H13NO4S.C7H13NO3S.C6H11NO2S.C5H9NO2S.C5H11NO2S.C4H7NO2S.11CH4/c1-3-11(4-2)10(13)15(14)9-7-5-6-8-12;1-4-11(5-2)10(12)14(13)8(3)9-6-7-9;1-14(13)8(12)9-4-2-6(3-5-9)7(10)11;1-4-9(5-2)8(12)14(13)6(3)7(10)11;1-3-9(4-2)8(11)13(12)7-5-6-10;1-3-8(4-2)7(11)13(12)5-6(9)10;1-12(11)7(10)8-4-2-6(9)3-5-8;1-10(9)6(8)7-4-2-3-5-7;1-9(8)5(7)6-3-2-4-6;1-4-6(2)5(7)9(3)8;1-8(7)4(6)5-2-3-5;;;;;;;;;;;/h12H,3-9H2,1-2H3;8-9H,4-7H2,1-3H3;6H,2-5H2,1H3,(H,10,11);6H,4-5H2,1-3H3,(H,10,11);10H,3-7H2,1-2H3;3-5H2,1-2H3,(H,9,10);6,9H,2-5H2,1H3;2-5H2,1H3;2-4H2,1H3;4H2,1-3H3;2-3H2,1H3;11*1H4. The minimum absolute atomic E-state index is 0. The topological polar surface area (TPSA) is 584 Å². The van der Waals surface area contributed by atoms with Crippen molar-refractivity contribution in [2.45, 2.75) is 272 Å². The van der Waals surface area contributed by atoms with E-state index >= 15 is 0 Å². The highest BCUT2D eigenvalue weighted by molar-refractivity contribution is 8.03. The number of amides is 11. The maximum absolute atomic E-state index is 11.8. The van der Waals surface area contributed by atoms with Crippen molar-refractivity contribution in [1.82, 2.24) is 53.9 Å². The van der Waals surface area contributed by atoms with Gasteiger partial charge in [0.1, 0.15) is 130 Å². The van der Waals surface area contributed by atoms with E-state index in [1.54, 1.807) is 64.1 Å². The van der Waals surface area contributed by atoms with Crippen LogP contribution in [0.2, 0.25) is 0 Å². The van der Waals surface area contributed by atoms with E-state index in [0.29, 0.717) is 142 Å². The van der Waals surface area contributed by atoms with Crippen LogP contribution in [0, 0.1) is 11.8 Å². The molecule has 0 spiro atoms. The number of carboxylic acid groups (broad SMARTS) is 3. The number of nitrogens with zero attached hydrogens (tertiary/aromatic N) is 11. The first-order valence-electron chi connectivity index (χ1n) is 43.0. The molecular formula is C89H193N11O31S11. The van der Waals surface area contributed by atoms with Crippen LogP contribution in [-0.4, -0.2) is 435 Å². The molecule has 0 aromatic carbocycles. The van der Waals surface area contributed by atoms with Crippen LogP contribution < -0.4 is 0 Å². The number of carboxylic acids is 3. The highest BCUT2D eigenvalue weighted by atomic mass is 32.2. The molecule has 11 amide bonds. The molecule has 142 heavy (non-hydrogen) atoms. The molecule has 42 nitrogen and oxygen atoms in total. The monoisotopic (exact) mass is 2260 g/mol. The molecule has 13 atom stereocenters. The van der Waals surface area contributed by atoms with Crippen molar-refractivity contribution >= 4 is 194 Å². The lowest BCUT2D eigenvalue weighted by atomic mass is 9.98. The van der Waals surface area contributed by atoms with Gasteiger partial charge in [-0.2, -0.15) is 0 Å². The molecule has 6 fully saturated rings. The fraction of sp³-hybridized carbons (Fsp3) is 0.843. The van der Waals surface area contributed by atoms with Gasteiger partial charge in [0.25, 0.3) is 0 Å². The average molecular weight is 2270 g/mol. The number of aliphatic hydroxyl groups excluding tert-OH is 3. The second-order valence-corrected chi connectivity index (χ2v) is 43.9. The number of piperidine rings is 2. The Balaban J connectivity index is -0.0000000875. The van der Waals surface area contributed by atoms with Crippen LogP contribution in [0.5, 0.6) is 0 Å². The maximum Gasteiger partial charge on any atom is 0.319 e. The molecular weight excluding hydrogens is 2070 g/mol. The molecule has 0 radical (unpaired) electrons. The number of carbonyl (C=O) groups excluding carboxylic acids is 11. The predicted octanol–water partition coefficient (Wildman–Crippen LogP) is 13.1. The fourth-order valence-electron chi connectivity index (χ4n) is 10.5. The zero-order chi connectivity index (χ0) is 102. The number of hydrogen-bond acceptors (Lipinski definition) is 28. The van der Waals surface area contributed by atoms with Gasteiger partial charge in [-0.1, -0.05) is 88.1 Å². The van der Waals surface area contributed by atoms with Gasteiger partial charge in [-0.15, -0.1) is 0 Å². The summed E-state index contributed by atoms with van der Waals surface area (Å²) in [6.07, 6.45) is 18.3. The van der Waals surface area contributed by atoms with E-state index < -0.39 is 163 Å². The summed E-state index contributed by atoms with van der Waals surface area (Å²) in [5, 5.41) is 47.0. The van der Waals surface area contributed by atoms with E-state index in [9.17, 15) is 113 Å². The Hall–Kier alpha value is -5.89. The van der Waals surface area contributed by atoms with Gasteiger partial charge >= 0.3 is 75.5 Å². The average Bonchev–Trinajstić information content (AvgIpc) is 1.71. The van der Waals surface area contributed by atoms with Gasteiger partial charge in [-0.3, -0.25) is 67.1 Å². The van der Waals surface area contributed by atoms with Crippen LogP contribution in [0.4, 0.5) is 52.7 Å². The number of likely N-dealkylation sites (tertiary alicyclic amines) is 4. The number of rotatable bonds is 26. The smallest absolute Gasteiger partial charge is 0.319 e. The third kappa shape index (κ3) is 75.8. The van der Waals surface area contributed by atoms with E-state index in [-0.39, 0.29) is 160 Å². The first kappa shape index (κ1) is 172. The highest BCUT2D eigenvalue weighted by Crippen LogP contribution is 2.35. The number of hydrogen-bond donors (Lipinski definition) is 6. The van der Waals surface area contributed by atoms with Crippen molar-refractivity contribution in [3.63, 3.8) is 0 Å². The first-order chi connectivity index (χ1) is 61.3. The van der Waals surface area contributed by atoms with E-state index in [2.05, 4.69) is 0 Å². The maximum atomic E-state index is 11.8. The highest BCUT2D eigenvalue weighted by Gasteiger charge is 2.37. The summed E-state index contributed by atoms with van der Waals surface area (Å²) in [6, 6.07) is 0. The Morgan fingerprint density at radius 1 is 0.317 bits per heavy atom. The number of carbonyl (C=O) groups is 14. The van der Waals surface area contributed by atoms with Crippen molar-refractivity contribution in [2.24, 2.45) is 11.8 Å². The summed E-state index contributed by atoms with van der Waals surface area (Å²) in [6.45, 7) is 36.1. The summed E-state index contributed by atoms with van der Waals surface area (Å²) in [4.78, 5) is 171. The molecule has 6 N–H and O–H groups in total. The molecule has 1 aliphatic carbocycles. The second kappa shape index (κ2) is 99.7. The summed E-state index contributed by atoms with van der Waals surface area (Å²) in [5.74, 6) is -3.03. The third-order valence-electron chi connectivity index (χ3n) is 19.3. The molecule has 53 heteroatoms. The number of unbranched alkanes of at least 4 members (excludes halogenated alkanes) is 2. The summed E-state index contributed by atoms with van der Waals surface area (Å²) in [7, 11) is -14.6. The zero-order valence-corrected chi connectivity index (χ0v) is 88.7. The van der Waals surface area contributed by atoms with Gasteiger partial charge in [0.05, 0.1) is 12.0 Å². The number of aliphatic carboxylic acids is 3. The van der Waals surface area contributed by atoms with E-state index in [0.717, 1.165) is 90.6 Å². The molecule has 0 aromatic rings. The van der Waals surface area contributed by atoms with Crippen LogP contribution in [0.25, 0.3) is 0 Å². The quantitative estimate of drug-likeness (QED) is 0.0346. The zero-order valence-electron chi connectivity index (χ0n) is 79.8. The van der Waals surface area contributed by atoms with Crippen molar-refractivity contribution in [1.29, 1.82) is 0 Å². The molecule has 5 saturated heterocycles. The van der Waals surface area contributed by atoms with Gasteiger partial charge in [-0.05, 0) is 173 Å². The molecule has 5 aliphatic heterocycles. The van der Waals surface area contributed by atoms with Crippen LogP contribution >= 0.6 is 0 Å². The van der Waals surface area contributed by atoms with Gasteiger partial charge in [0, 0.05) is 212 Å². The Kier molecular flexibility index (Phi) is 121. The molecule has 5 heterocycles. The SMILES string of the molecule is C.C.C.C.C.C.C.C.C.C.C.CCN(C)C(=O)S(C)=O.CCN(CC)C(=O)S(=O)C(C)C(=O)O.CCN(CC)C(=O)S(=O)C(C)C1CC1.CCN(CC)C(=O)S(=O)CC(=O)O.CCN(CC)C(=O)S(=O)CCCCCO.CCN(CC)C(=O)S(=O)CCCO.CS(=O)C(=O)N1CC1.CS(=O)C(=O)N1CCC(C(=O)O)CC1.CS(=O)C(=O)N1CCC(O)CC1.CS(=O)C(=O)N1CCC1.CS(=O)C(=O)N1CCCC1. The lowest BCUT2D eigenvalue weighted by molar-refractivity contribution is -0.143. The van der Waals surface area contributed by atoms with Gasteiger partial charge in [-0.25, -0.2) is 46.3 Å². The summed E-state index contributed by atoms with van der Waals surface area (Å²) >= 11 is 0. The normalized spacial score (nSPS) is 15.7. The molecule has 6 rings (SSSR count). The molecule has 6 aliphatic rings. The summed E-state index contributed by atoms with van der Waals surface area (Å²) < 4.78 is 121. The molecule has 0 bridgehead atoms. The largest absolute Gasteiger partial charge is 0.481 e. The van der Waals surface area contributed by atoms with Crippen molar-refractivity contribution in [2.75, 3.05) is 212 Å². The van der Waals surface area contributed by atoms with E-state index in [1.807, 2.05) is 55.4 Å². The first-order valence-corrected chi connectivity index (χ1v) is 58.7. The molecule has 0 aromatic heterocycles. The van der Waals surface area contributed by atoms with Gasteiger partial charge in [0.15, 0.2) is 0 Å². The molecule has 13 unspecified atom stereocenters. The minimum Gasteiger partial charge on any atom is -0.481 e. The molecule has 1 saturated carbocycles. The fourth-order valence-corrected chi connectivity index (χ4v) is 19.5. The molecule has 856 valence electrons. The number of aliphatic hydroxyl groups is 3. The van der Waals surface area contributed by atoms with Gasteiger partial charge in [0.2, 0.25) is 0 Å². The van der Waals surface area contributed by atoms with Crippen LogP contribution in [0.15, 0.2) is 0 Å².